The van der Waals surface area contributed by atoms with Gasteiger partial charge in [0.15, 0.2) is 5.76 Å². The molecule has 0 N–H and O–H groups in total. The molecule has 1 aromatic carbocycles. The maximum Gasteiger partial charge on any atom is 0.345 e. The van der Waals surface area contributed by atoms with E-state index in [1.807, 2.05) is 13.0 Å². The molecule has 1 heterocycles. The molecule has 0 atom stereocenters. The maximum atomic E-state index is 11.8. The molecule has 0 unspecified atom stereocenters. The van der Waals surface area contributed by atoms with Crippen molar-refractivity contribution in [2.24, 2.45) is 0 Å². The van der Waals surface area contributed by atoms with E-state index in [2.05, 4.69) is 5.16 Å². The summed E-state index contributed by atoms with van der Waals surface area (Å²) in [7, 11) is 0. The van der Waals surface area contributed by atoms with Gasteiger partial charge in [-0.25, -0.2) is 4.79 Å². The zero-order valence-corrected chi connectivity index (χ0v) is 10.1. The summed E-state index contributed by atoms with van der Waals surface area (Å²) in [4.78, 5) is 11.8. The first-order valence-corrected chi connectivity index (χ1v) is 5.36. The summed E-state index contributed by atoms with van der Waals surface area (Å²) >= 11 is 5.84. The monoisotopic (exact) mass is 251 g/mol. The number of carbonyl (C=O) groups is 1. The van der Waals surface area contributed by atoms with Crippen LogP contribution < -0.4 is 4.74 Å². The van der Waals surface area contributed by atoms with Crippen molar-refractivity contribution in [2.75, 3.05) is 0 Å². The van der Waals surface area contributed by atoms with Gasteiger partial charge in [-0.05, 0) is 31.1 Å². The minimum absolute atomic E-state index is 0.00401. The second-order valence-electron chi connectivity index (χ2n) is 3.62. The van der Waals surface area contributed by atoms with E-state index in [4.69, 9.17) is 20.9 Å². The predicted molar refractivity (Wildman–Crippen MR) is 62.4 cm³/mol. The van der Waals surface area contributed by atoms with E-state index in [1.165, 1.54) is 0 Å². The van der Waals surface area contributed by atoms with Gasteiger partial charge in [0.1, 0.15) is 5.02 Å². The molecule has 0 fully saturated rings. The van der Waals surface area contributed by atoms with Gasteiger partial charge in [0.05, 0.1) is 5.56 Å². The van der Waals surface area contributed by atoms with Crippen LogP contribution in [0.2, 0.25) is 5.02 Å². The molecule has 0 bridgehead atoms. The number of halogens is 1. The van der Waals surface area contributed by atoms with Gasteiger partial charge in [0.2, 0.25) is 0 Å². The molecule has 4 nitrogen and oxygen atoms in total. The van der Waals surface area contributed by atoms with Crippen LogP contribution in [0.1, 0.15) is 21.7 Å². The van der Waals surface area contributed by atoms with Crippen LogP contribution in [0.25, 0.3) is 0 Å². The fourth-order valence-corrected chi connectivity index (χ4v) is 1.43. The summed E-state index contributed by atoms with van der Waals surface area (Å²) in [6.45, 7) is 3.53. The highest BCUT2D eigenvalue weighted by Crippen LogP contribution is 2.27. The van der Waals surface area contributed by atoms with Crippen molar-refractivity contribution in [3.8, 4) is 5.88 Å². The summed E-state index contributed by atoms with van der Waals surface area (Å²) in [6.07, 6.45) is 0. The topological polar surface area (TPSA) is 52.3 Å². The summed E-state index contributed by atoms with van der Waals surface area (Å²) in [5.41, 5.74) is 1.42. The van der Waals surface area contributed by atoms with Crippen LogP contribution in [0.5, 0.6) is 5.88 Å². The van der Waals surface area contributed by atoms with Crippen molar-refractivity contribution in [2.45, 2.75) is 13.8 Å². The van der Waals surface area contributed by atoms with Crippen LogP contribution in [-0.2, 0) is 0 Å². The molecule has 0 aliphatic carbocycles. The summed E-state index contributed by atoms with van der Waals surface area (Å²) in [5, 5.41) is 3.77. The van der Waals surface area contributed by atoms with Crippen molar-refractivity contribution in [1.29, 1.82) is 0 Å². The smallest absolute Gasteiger partial charge is 0.345 e. The zero-order valence-electron chi connectivity index (χ0n) is 9.36. The van der Waals surface area contributed by atoms with Crippen LogP contribution >= 0.6 is 11.6 Å². The third-order valence-electron chi connectivity index (χ3n) is 2.21. The molecular weight excluding hydrogens is 242 g/mol. The Kier molecular flexibility index (Phi) is 3.15. The van der Waals surface area contributed by atoms with Crippen LogP contribution in [0.4, 0.5) is 0 Å². The average molecular weight is 252 g/mol. The van der Waals surface area contributed by atoms with Crippen LogP contribution in [0.15, 0.2) is 28.8 Å². The van der Waals surface area contributed by atoms with Crippen LogP contribution in [0.3, 0.4) is 0 Å². The number of aryl methyl sites for hydroxylation is 2. The molecule has 2 rings (SSSR count). The first kappa shape index (κ1) is 11.7. The quantitative estimate of drug-likeness (QED) is 0.770. The number of carbonyl (C=O) groups excluding carboxylic acids is 1. The number of nitrogens with zero attached hydrogens (tertiary/aromatic N) is 1. The fourth-order valence-electron chi connectivity index (χ4n) is 1.32. The zero-order chi connectivity index (χ0) is 12.4. The van der Waals surface area contributed by atoms with Crippen LogP contribution in [-0.4, -0.2) is 11.1 Å². The maximum absolute atomic E-state index is 11.8. The number of benzene rings is 1. The number of hydrogen-bond donors (Lipinski definition) is 0. The Labute approximate surface area is 103 Å². The van der Waals surface area contributed by atoms with Crippen molar-refractivity contribution >= 4 is 17.6 Å². The lowest BCUT2D eigenvalue weighted by atomic mass is 10.1. The van der Waals surface area contributed by atoms with Gasteiger partial charge < -0.3 is 9.26 Å². The molecule has 17 heavy (non-hydrogen) atoms. The van der Waals surface area contributed by atoms with E-state index in [-0.39, 0.29) is 10.9 Å². The molecule has 0 aliphatic heterocycles. The first-order valence-electron chi connectivity index (χ1n) is 4.98. The van der Waals surface area contributed by atoms with E-state index >= 15 is 0 Å². The standard InChI is InChI=1S/C12H10ClNO3/c1-7-4-3-5-9(6-7)12(15)16-11-10(13)8(2)17-14-11/h3-6H,1-2H3. The van der Waals surface area contributed by atoms with Gasteiger partial charge in [-0.15, -0.1) is 0 Å². The van der Waals surface area contributed by atoms with Crippen molar-refractivity contribution in [3.05, 3.63) is 46.2 Å². The Morgan fingerprint density at radius 1 is 1.41 bits per heavy atom. The molecule has 0 saturated carbocycles. The van der Waals surface area contributed by atoms with Gasteiger partial charge in [0, 0.05) is 0 Å². The lowest BCUT2D eigenvalue weighted by molar-refractivity contribution is 0.0721. The summed E-state index contributed by atoms with van der Waals surface area (Å²) in [5.74, 6) is -0.0988. The Bertz CT molecular complexity index is 563. The lowest BCUT2D eigenvalue weighted by Crippen LogP contribution is -2.09. The van der Waals surface area contributed by atoms with E-state index in [0.29, 0.717) is 11.3 Å². The summed E-state index contributed by atoms with van der Waals surface area (Å²) in [6, 6.07) is 7.06. The molecule has 0 spiro atoms. The Hall–Kier alpha value is -1.81. The Morgan fingerprint density at radius 3 is 2.76 bits per heavy atom. The van der Waals surface area contributed by atoms with E-state index in [1.54, 1.807) is 25.1 Å². The summed E-state index contributed by atoms with van der Waals surface area (Å²) < 4.78 is 9.83. The van der Waals surface area contributed by atoms with Gasteiger partial charge in [-0.1, -0.05) is 29.3 Å². The number of ether oxygens (including phenoxy) is 1. The molecule has 88 valence electrons. The van der Waals surface area contributed by atoms with Crippen molar-refractivity contribution in [1.82, 2.24) is 5.16 Å². The van der Waals surface area contributed by atoms with Crippen molar-refractivity contribution < 1.29 is 14.1 Å². The number of esters is 1. The number of rotatable bonds is 2. The minimum Gasteiger partial charge on any atom is -0.399 e. The molecule has 5 heteroatoms. The Morgan fingerprint density at radius 2 is 2.18 bits per heavy atom. The molecule has 0 amide bonds. The average Bonchev–Trinajstić information content (AvgIpc) is 2.61. The third-order valence-corrected chi connectivity index (χ3v) is 2.63. The first-order chi connectivity index (χ1) is 8.08. The molecule has 2 aromatic rings. The lowest BCUT2D eigenvalue weighted by Gasteiger charge is -2.01. The second kappa shape index (κ2) is 4.59. The molecule has 0 saturated heterocycles. The largest absolute Gasteiger partial charge is 0.399 e. The molecule has 0 aliphatic rings. The Balaban J connectivity index is 2.20. The predicted octanol–water partition coefficient (Wildman–Crippen LogP) is 3.16. The highest BCUT2D eigenvalue weighted by molar-refractivity contribution is 6.32. The second-order valence-corrected chi connectivity index (χ2v) is 3.99. The van der Waals surface area contributed by atoms with Gasteiger partial charge in [-0.2, -0.15) is 0 Å². The fraction of sp³-hybridized carbons (Fsp3) is 0.167. The van der Waals surface area contributed by atoms with Gasteiger partial charge in [0.25, 0.3) is 5.88 Å². The van der Waals surface area contributed by atoms with Crippen molar-refractivity contribution in [3.63, 3.8) is 0 Å². The van der Waals surface area contributed by atoms with E-state index in [9.17, 15) is 4.79 Å². The highest BCUT2D eigenvalue weighted by Gasteiger charge is 2.16. The third kappa shape index (κ3) is 2.47. The number of aromatic nitrogens is 1. The van der Waals surface area contributed by atoms with Crippen LogP contribution in [0, 0.1) is 13.8 Å². The normalized spacial score (nSPS) is 10.3. The SMILES string of the molecule is Cc1cccc(C(=O)Oc2noc(C)c2Cl)c1. The molecular formula is C12H10ClNO3. The van der Waals surface area contributed by atoms with Gasteiger partial charge >= 0.3 is 5.97 Å². The number of hydrogen-bond acceptors (Lipinski definition) is 4. The van der Waals surface area contributed by atoms with Gasteiger partial charge in [-0.3, -0.25) is 0 Å². The highest BCUT2D eigenvalue weighted by atomic mass is 35.5. The van der Waals surface area contributed by atoms with E-state index < -0.39 is 5.97 Å². The minimum atomic E-state index is -0.510. The molecule has 1 aromatic heterocycles. The van der Waals surface area contributed by atoms with E-state index in [0.717, 1.165) is 5.56 Å². The molecule has 0 radical (unpaired) electrons.